The second-order valence-corrected chi connectivity index (χ2v) is 7.28. The van der Waals surface area contributed by atoms with Crippen molar-refractivity contribution in [1.29, 1.82) is 0 Å². The van der Waals surface area contributed by atoms with Crippen LogP contribution in [0.25, 0.3) is 0 Å². The van der Waals surface area contributed by atoms with E-state index in [1.807, 2.05) is 43.0 Å². The van der Waals surface area contributed by atoms with Crippen LogP contribution < -0.4 is 10.6 Å². The summed E-state index contributed by atoms with van der Waals surface area (Å²) in [5.74, 6) is 0.0142. The van der Waals surface area contributed by atoms with Gasteiger partial charge in [0.1, 0.15) is 0 Å². The van der Waals surface area contributed by atoms with Gasteiger partial charge in [0.15, 0.2) is 0 Å². The molecule has 1 aliphatic heterocycles. The smallest absolute Gasteiger partial charge is 0.321 e. The van der Waals surface area contributed by atoms with Crippen molar-refractivity contribution in [2.24, 2.45) is 0 Å². The maximum Gasteiger partial charge on any atom is 0.321 e. The Balaban J connectivity index is 1.46. The number of carbonyl (C=O) groups is 2. The molecule has 0 unspecified atom stereocenters. The van der Waals surface area contributed by atoms with Gasteiger partial charge in [-0.2, -0.15) is 0 Å². The molecule has 2 aliphatic rings. The molecule has 2 fully saturated rings. The fraction of sp³-hybridized carbons (Fsp3) is 0.579. The summed E-state index contributed by atoms with van der Waals surface area (Å²) in [5.41, 5.74) is 1.71. The minimum Gasteiger partial charge on any atom is -0.354 e. The van der Waals surface area contributed by atoms with Crippen LogP contribution in [0.2, 0.25) is 0 Å². The molecule has 25 heavy (non-hydrogen) atoms. The highest BCUT2D eigenvalue weighted by Gasteiger charge is 2.32. The summed E-state index contributed by atoms with van der Waals surface area (Å²) >= 11 is 0. The molecule has 3 amide bonds. The Morgan fingerprint density at radius 3 is 2.28 bits per heavy atom. The molecular weight excluding hydrogens is 316 g/mol. The first-order valence-electron chi connectivity index (χ1n) is 9.19. The molecule has 1 saturated heterocycles. The number of hydrogen-bond donors (Lipinski definition) is 2. The maximum absolute atomic E-state index is 12.4. The largest absolute Gasteiger partial charge is 0.354 e. The van der Waals surface area contributed by atoms with Gasteiger partial charge >= 0.3 is 6.03 Å². The molecule has 6 nitrogen and oxygen atoms in total. The minimum absolute atomic E-state index is 0.0142. The van der Waals surface area contributed by atoms with Gasteiger partial charge in [0.2, 0.25) is 5.91 Å². The van der Waals surface area contributed by atoms with E-state index in [4.69, 9.17) is 0 Å². The van der Waals surface area contributed by atoms with Gasteiger partial charge in [-0.25, -0.2) is 4.79 Å². The zero-order chi connectivity index (χ0) is 17.8. The number of carbonyl (C=O) groups excluding carboxylic acids is 2. The average Bonchev–Trinajstić information content (AvgIpc) is 3.41. The predicted octanol–water partition coefficient (Wildman–Crippen LogP) is 2.07. The van der Waals surface area contributed by atoms with Crippen LogP contribution >= 0.6 is 0 Å². The summed E-state index contributed by atoms with van der Waals surface area (Å²) in [6.45, 7) is 7.41. The highest BCUT2D eigenvalue weighted by molar-refractivity contribution is 5.89. The van der Waals surface area contributed by atoms with Gasteiger partial charge < -0.3 is 15.5 Å². The molecule has 0 radical (unpaired) electrons. The lowest BCUT2D eigenvalue weighted by Crippen LogP contribution is -2.50. The first kappa shape index (κ1) is 17.7. The van der Waals surface area contributed by atoms with Gasteiger partial charge in [0.05, 0.1) is 6.42 Å². The number of nitrogens with one attached hydrogen (secondary N) is 2. The second-order valence-electron chi connectivity index (χ2n) is 7.28. The number of benzene rings is 1. The van der Waals surface area contributed by atoms with E-state index in [-0.39, 0.29) is 18.0 Å². The van der Waals surface area contributed by atoms with Crippen LogP contribution in [0.1, 0.15) is 32.3 Å². The van der Waals surface area contributed by atoms with Crippen molar-refractivity contribution in [3.05, 3.63) is 29.8 Å². The highest BCUT2D eigenvalue weighted by atomic mass is 16.2. The van der Waals surface area contributed by atoms with Crippen LogP contribution in [-0.2, 0) is 11.2 Å². The van der Waals surface area contributed by atoms with Crippen molar-refractivity contribution < 1.29 is 9.59 Å². The second kappa shape index (κ2) is 7.87. The van der Waals surface area contributed by atoms with E-state index in [2.05, 4.69) is 15.5 Å². The standard InChI is InChI=1S/C19H28N4O2/c1-14(2)20-18(24)13-15-3-5-16(6-4-15)21-19(25)23-11-9-22(10-12-23)17-7-8-17/h3-6,14,17H,7-13H2,1-2H3,(H,20,24)(H,21,25). The van der Waals surface area contributed by atoms with Gasteiger partial charge in [-0.3, -0.25) is 9.69 Å². The van der Waals surface area contributed by atoms with Gasteiger partial charge in [-0.1, -0.05) is 12.1 Å². The molecule has 1 aromatic rings. The molecule has 0 atom stereocenters. The van der Waals surface area contributed by atoms with Crippen molar-refractivity contribution in [2.75, 3.05) is 31.5 Å². The van der Waals surface area contributed by atoms with Crippen LogP contribution in [0, 0.1) is 0 Å². The molecule has 0 aromatic heterocycles. The molecule has 1 saturated carbocycles. The molecule has 1 heterocycles. The lowest BCUT2D eigenvalue weighted by atomic mass is 10.1. The number of amides is 3. The number of urea groups is 1. The Kier molecular flexibility index (Phi) is 5.58. The Labute approximate surface area is 149 Å². The third-order valence-corrected chi connectivity index (χ3v) is 4.68. The van der Waals surface area contributed by atoms with E-state index in [1.54, 1.807) is 0 Å². The third kappa shape index (κ3) is 5.19. The van der Waals surface area contributed by atoms with Crippen molar-refractivity contribution >= 4 is 17.6 Å². The Morgan fingerprint density at radius 1 is 1.08 bits per heavy atom. The van der Waals surface area contributed by atoms with Gasteiger partial charge in [-0.15, -0.1) is 0 Å². The molecule has 1 aromatic carbocycles. The first-order chi connectivity index (χ1) is 12.0. The fourth-order valence-electron chi connectivity index (χ4n) is 3.20. The van der Waals surface area contributed by atoms with Gasteiger partial charge in [0, 0.05) is 44.0 Å². The molecular formula is C19H28N4O2. The zero-order valence-corrected chi connectivity index (χ0v) is 15.1. The molecule has 0 spiro atoms. The van der Waals surface area contributed by atoms with Crippen molar-refractivity contribution in [3.8, 4) is 0 Å². The van der Waals surface area contributed by atoms with E-state index in [9.17, 15) is 9.59 Å². The van der Waals surface area contributed by atoms with Crippen molar-refractivity contribution in [3.63, 3.8) is 0 Å². The first-order valence-corrected chi connectivity index (χ1v) is 9.19. The van der Waals surface area contributed by atoms with E-state index >= 15 is 0 Å². The normalized spacial score (nSPS) is 18.3. The Morgan fingerprint density at radius 2 is 1.72 bits per heavy atom. The van der Waals surface area contributed by atoms with Crippen molar-refractivity contribution in [2.45, 2.75) is 45.2 Å². The lowest BCUT2D eigenvalue weighted by molar-refractivity contribution is -0.120. The zero-order valence-electron chi connectivity index (χ0n) is 15.1. The Hall–Kier alpha value is -2.08. The van der Waals surface area contributed by atoms with Gasteiger partial charge in [-0.05, 0) is 44.4 Å². The molecule has 1 aliphatic carbocycles. The summed E-state index contributed by atoms with van der Waals surface area (Å²) in [4.78, 5) is 28.5. The summed E-state index contributed by atoms with van der Waals surface area (Å²) in [5, 5.41) is 5.83. The van der Waals surface area contributed by atoms with E-state index < -0.39 is 0 Å². The van der Waals surface area contributed by atoms with E-state index in [0.29, 0.717) is 6.42 Å². The summed E-state index contributed by atoms with van der Waals surface area (Å²) in [6, 6.07) is 8.37. The van der Waals surface area contributed by atoms with E-state index in [1.165, 1.54) is 12.8 Å². The third-order valence-electron chi connectivity index (χ3n) is 4.68. The maximum atomic E-state index is 12.4. The summed E-state index contributed by atoms with van der Waals surface area (Å²) < 4.78 is 0. The van der Waals surface area contributed by atoms with Crippen LogP contribution in [0.4, 0.5) is 10.5 Å². The molecule has 2 N–H and O–H groups in total. The molecule has 3 rings (SSSR count). The molecule has 0 bridgehead atoms. The SMILES string of the molecule is CC(C)NC(=O)Cc1ccc(NC(=O)N2CCN(C3CC3)CC2)cc1. The quantitative estimate of drug-likeness (QED) is 0.859. The summed E-state index contributed by atoms with van der Waals surface area (Å²) in [6.07, 6.45) is 2.98. The van der Waals surface area contributed by atoms with Crippen molar-refractivity contribution in [1.82, 2.24) is 15.1 Å². The van der Waals surface area contributed by atoms with Crippen LogP contribution in [-0.4, -0.2) is 60.0 Å². The van der Waals surface area contributed by atoms with Crippen LogP contribution in [0.3, 0.4) is 0 Å². The number of piperazine rings is 1. The minimum atomic E-state index is -0.0410. The van der Waals surface area contributed by atoms with Crippen LogP contribution in [0.5, 0.6) is 0 Å². The fourth-order valence-corrected chi connectivity index (χ4v) is 3.20. The topological polar surface area (TPSA) is 64.7 Å². The average molecular weight is 344 g/mol. The highest BCUT2D eigenvalue weighted by Crippen LogP contribution is 2.27. The summed E-state index contributed by atoms with van der Waals surface area (Å²) in [7, 11) is 0. The number of nitrogens with zero attached hydrogens (tertiary/aromatic N) is 2. The lowest BCUT2D eigenvalue weighted by Gasteiger charge is -2.34. The number of rotatable bonds is 5. The van der Waals surface area contributed by atoms with Crippen LogP contribution in [0.15, 0.2) is 24.3 Å². The predicted molar refractivity (Wildman–Crippen MR) is 98.6 cm³/mol. The number of anilines is 1. The van der Waals surface area contributed by atoms with Gasteiger partial charge in [0.25, 0.3) is 0 Å². The number of hydrogen-bond acceptors (Lipinski definition) is 3. The molecule has 136 valence electrons. The Bertz CT molecular complexity index is 602. The molecule has 6 heteroatoms. The van der Waals surface area contributed by atoms with E-state index in [0.717, 1.165) is 43.5 Å². The monoisotopic (exact) mass is 344 g/mol.